The van der Waals surface area contributed by atoms with E-state index in [2.05, 4.69) is 41.3 Å². The first-order chi connectivity index (χ1) is 8.47. The number of nitrogens with one attached hydrogen (secondary N) is 1. The molecule has 5 heteroatoms. The minimum atomic E-state index is 0.0229. The van der Waals surface area contributed by atoms with E-state index in [0.29, 0.717) is 4.75 Å². The Morgan fingerprint density at radius 2 is 2.28 bits per heavy atom. The van der Waals surface area contributed by atoms with Gasteiger partial charge in [0.05, 0.1) is 0 Å². The molecule has 18 heavy (non-hydrogen) atoms. The van der Waals surface area contributed by atoms with Gasteiger partial charge in [0.25, 0.3) is 5.91 Å². The third-order valence-corrected chi connectivity index (χ3v) is 5.27. The summed E-state index contributed by atoms with van der Waals surface area (Å²) < 4.78 is 3.26. The second-order valence-corrected chi connectivity index (χ2v) is 7.30. The summed E-state index contributed by atoms with van der Waals surface area (Å²) in [5, 5.41) is 3.06. The first-order valence-electron chi connectivity index (χ1n) is 6.18. The van der Waals surface area contributed by atoms with Gasteiger partial charge >= 0.3 is 0 Å². The van der Waals surface area contributed by atoms with E-state index in [9.17, 15) is 4.79 Å². The van der Waals surface area contributed by atoms with Crippen LogP contribution in [0.25, 0.3) is 0 Å². The Hall–Kier alpha value is -0.420. The van der Waals surface area contributed by atoms with E-state index in [1.165, 1.54) is 12.8 Å². The van der Waals surface area contributed by atoms with Gasteiger partial charge in [-0.2, -0.15) is 11.8 Å². The number of carbonyl (C=O) groups excluding carboxylic acids is 1. The maximum Gasteiger partial charge on any atom is 0.268 e. The Labute approximate surface area is 121 Å². The largest absolute Gasteiger partial charge is 0.349 e. The smallest absolute Gasteiger partial charge is 0.268 e. The second kappa shape index (κ2) is 5.29. The van der Waals surface area contributed by atoms with E-state index in [4.69, 9.17) is 0 Å². The van der Waals surface area contributed by atoms with Crippen molar-refractivity contribution in [3.63, 3.8) is 0 Å². The van der Waals surface area contributed by atoms with E-state index in [0.717, 1.165) is 16.7 Å². The number of carbonyl (C=O) groups is 1. The summed E-state index contributed by atoms with van der Waals surface area (Å²) >= 11 is 5.29. The first kappa shape index (κ1) is 14.0. The lowest BCUT2D eigenvalue weighted by Crippen LogP contribution is -2.33. The molecule has 3 nitrogen and oxygen atoms in total. The molecule has 0 saturated heterocycles. The molecule has 0 unspecified atom stereocenters. The molecule has 0 aliphatic heterocycles. The zero-order valence-corrected chi connectivity index (χ0v) is 13.4. The normalized spacial score (nSPS) is 16.9. The van der Waals surface area contributed by atoms with E-state index in [1.807, 2.05) is 28.6 Å². The van der Waals surface area contributed by atoms with Crippen LogP contribution in [-0.4, -0.2) is 28.0 Å². The topological polar surface area (TPSA) is 34.0 Å². The van der Waals surface area contributed by atoms with Crippen LogP contribution in [0.15, 0.2) is 16.7 Å². The standard InChI is InChI=1S/C13H19BrN2OS/c1-9(2)16-7-10(14)6-11(16)12(17)15-8-13(18-3)4-5-13/h6-7,9H,4-5,8H2,1-3H3,(H,15,17). The molecule has 1 aromatic heterocycles. The maximum atomic E-state index is 12.2. The minimum absolute atomic E-state index is 0.0229. The Kier molecular flexibility index (Phi) is 4.11. The van der Waals surface area contributed by atoms with E-state index < -0.39 is 0 Å². The van der Waals surface area contributed by atoms with Crippen LogP contribution in [0.5, 0.6) is 0 Å². The molecule has 2 rings (SSSR count). The van der Waals surface area contributed by atoms with E-state index in [-0.39, 0.29) is 11.9 Å². The van der Waals surface area contributed by atoms with Crippen molar-refractivity contribution in [3.05, 3.63) is 22.4 Å². The molecule has 1 aromatic rings. The average Bonchev–Trinajstić information content (AvgIpc) is 3.01. The number of rotatable bonds is 5. The van der Waals surface area contributed by atoms with Gasteiger partial charge in [-0.15, -0.1) is 0 Å². The molecule has 100 valence electrons. The summed E-state index contributed by atoms with van der Waals surface area (Å²) in [4.78, 5) is 12.2. The highest BCUT2D eigenvalue weighted by molar-refractivity contribution is 9.10. The van der Waals surface area contributed by atoms with Crippen LogP contribution in [0.2, 0.25) is 0 Å². The predicted molar refractivity (Wildman–Crippen MR) is 80.3 cm³/mol. The minimum Gasteiger partial charge on any atom is -0.349 e. The van der Waals surface area contributed by atoms with Crippen LogP contribution in [0.3, 0.4) is 0 Å². The molecule has 1 N–H and O–H groups in total. The quantitative estimate of drug-likeness (QED) is 0.897. The van der Waals surface area contributed by atoms with Crippen molar-refractivity contribution in [2.45, 2.75) is 37.5 Å². The number of thioether (sulfide) groups is 1. The SMILES string of the molecule is CSC1(CNC(=O)c2cc(Br)cn2C(C)C)CC1. The van der Waals surface area contributed by atoms with Crippen molar-refractivity contribution in [1.82, 2.24) is 9.88 Å². The van der Waals surface area contributed by atoms with Crippen LogP contribution in [0, 0.1) is 0 Å². The molecule has 0 bridgehead atoms. The molecule has 1 aliphatic carbocycles. The lowest BCUT2D eigenvalue weighted by molar-refractivity contribution is 0.0942. The van der Waals surface area contributed by atoms with Gasteiger partial charge in [-0.1, -0.05) is 0 Å². The van der Waals surface area contributed by atoms with Gasteiger partial charge in [0.1, 0.15) is 5.69 Å². The maximum absolute atomic E-state index is 12.2. The monoisotopic (exact) mass is 330 g/mol. The van der Waals surface area contributed by atoms with Crippen molar-refractivity contribution in [1.29, 1.82) is 0 Å². The molecule has 1 amide bonds. The fourth-order valence-electron chi connectivity index (χ4n) is 1.98. The summed E-state index contributed by atoms with van der Waals surface area (Å²) in [6.07, 6.45) is 6.50. The van der Waals surface area contributed by atoms with Gasteiger partial charge in [0.15, 0.2) is 0 Å². The molecule has 0 spiro atoms. The molecule has 0 aromatic carbocycles. The Bertz CT molecular complexity index is 452. The number of amides is 1. The van der Waals surface area contributed by atoms with Crippen LogP contribution < -0.4 is 5.32 Å². The number of halogens is 1. The lowest BCUT2D eigenvalue weighted by atomic mass is 10.3. The lowest BCUT2D eigenvalue weighted by Gasteiger charge is -2.15. The molecular formula is C13H19BrN2OS. The summed E-state index contributed by atoms with van der Waals surface area (Å²) in [6.45, 7) is 4.93. The molecule has 0 radical (unpaired) electrons. The fraction of sp³-hybridized carbons (Fsp3) is 0.615. The number of aromatic nitrogens is 1. The highest BCUT2D eigenvalue weighted by Crippen LogP contribution is 2.46. The molecular weight excluding hydrogens is 312 g/mol. The Balaban J connectivity index is 2.04. The van der Waals surface area contributed by atoms with Gasteiger partial charge in [0.2, 0.25) is 0 Å². The first-order valence-corrected chi connectivity index (χ1v) is 8.20. The van der Waals surface area contributed by atoms with Crippen molar-refractivity contribution in [2.75, 3.05) is 12.8 Å². The number of hydrogen-bond donors (Lipinski definition) is 1. The van der Waals surface area contributed by atoms with Gasteiger partial charge in [0, 0.05) is 28.0 Å². The van der Waals surface area contributed by atoms with Crippen LogP contribution in [0.4, 0.5) is 0 Å². The summed E-state index contributed by atoms with van der Waals surface area (Å²) in [6, 6.07) is 2.17. The van der Waals surface area contributed by atoms with Crippen LogP contribution in [0.1, 0.15) is 43.2 Å². The van der Waals surface area contributed by atoms with Gasteiger partial charge < -0.3 is 9.88 Å². The third-order valence-electron chi connectivity index (χ3n) is 3.42. The number of hydrogen-bond acceptors (Lipinski definition) is 2. The zero-order chi connectivity index (χ0) is 13.3. The van der Waals surface area contributed by atoms with Crippen molar-refractivity contribution in [2.24, 2.45) is 0 Å². The molecule has 1 fully saturated rings. The van der Waals surface area contributed by atoms with E-state index >= 15 is 0 Å². The van der Waals surface area contributed by atoms with Crippen LogP contribution in [-0.2, 0) is 0 Å². The fourth-order valence-corrected chi connectivity index (χ4v) is 3.14. The molecule has 0 atom stereocenters. The Morgan fingerprint density at radius 3 is 2.78 bits per heavy atom. The third kappa shape index (κ3) is 2.94. The van der Waals surface area contributed by atoms with Gasteiger partial charge in [-0.3, -0.25) is 4.79 Å². The zero-order valence-electron chi connectivity index (χ0n) is 11.0. The second-order valence-electron chi connectivity index (χ2n) is 5.11. The number of nitrogens with zero attached hydrogens (tertiary/aromatic N) is 1. The predicted octanol–water partition coefficient (Wildman–Crippen LogP) is 3.46. The van der Waals surface area contributed by atoms with Crippen molar-refractivity contribution in [3.8, 4) is 0 Å². The summed E-state index contributed by atoms with van der Waals surface area (Å²) in [5.74, 6) is 0.0229. The highest BCUT2D eigenvalue weighted by atomic mass is 79.9. The highest BCUT2D eigenvalue weighted by Gasteiger charge is 2.42. The summed E-state index contributed by atoms with van der Waals surface area (Å²) in [5.41, 5.74) is 0.730. The Morgan fingerprint density at radius 1 is 1.61 bits per heavy atom. The van der Waals surface area contributed by atoms with Gasteiger partial charge in [-0.05, 0) is 54.9 Å². The molecule has 1 saturated carbocycles. The molecule has 1 heterocycles. The van der Waals surface area contributed by atoms with Crippen molar-refractivity contribution < 1.29 is 4.79 Å². The van der Waals surface area contributed by atoms with E-state index in [1.54, 1.807) is 0 Å². The van der Waals surface area contributed by atoms with Crippen molar-refractivity contribution >= 4 is 33.6 Å². The molecule has 1 aliphatic rings. The summed E-state index contributed by atoms with van der Waals surface area (Å²) in [7, 11) is 0. The average molecular weight is 331 g/mol. The van der Waals surface area contributed by atoms with Gasteiger partial charge in [-0.25, -0.2) is 0 Å². The van der Waals surface area contributed by atoms with Crippen LogP contribution >= 0.6 is 27.7 Å².